The fourth-order valence-corrected chi connectivity index (χ4v) is 2.82. The number of methoxy groups -OCH3 is 1. The predicted octanol–water partition coefficient (Wildman–Crippen LogP) is 1.57. The van der Waals surface area contributed by atoms with Crippen molar-refractivity contribution in [3.05, 3.63) is 36.9 Å². The molecule has 4 rings (SSSR count). The summed E-state index contributed by atoms with van der Waals surface area (Å²) in [6, 6.07) is 4.21. The molecule has 0 saturated carbocycles. The molecule has 3 aromatic rings. The molecule has 0 aliphatic carbocycles. The van der Waals surface area contributed by atoms with E-state index in [0.29, 0.717) is 6.04 Å². The molecule has 1 atom stereocenters. The highest BCUT2D eigenvalue weighted by Gasteiger charge is 2.15. The Labute approximate surface area is 133 Å². The van der Waals surface area contributed by atoms with Gasteiger partial charge in [-0.15, -0.1) is 0 Å². The van der Waals surface area contributed by atoms with Gasteiger partial charge in [0.2, 0.25) is 0 Å². The molecule has 23 heavy (non-hydrogen) atoms. The number of hydrogen-bond donors (Lipinski definition) is 2. The third-order valence-electron chi connectivity index (χ3n) is 4.02. The van der Waals surface area contributed by atoms with E-state index < -0.39 is 0 Å². The van der Waals surface area contributed by atoms with Crippen LogP contribution in [-0.2, 0) is 0 Å². The van der Waals surface area contributed by atoms with Crippen LogP contribution < -0.4 is 15.4 Å². The Kier molecular flexibility index (Phi) is 3.55. The Balaban J connectivity index is 1.69. The summed E-state index contributed by atoms with van der Waals surface area (Å²) in [4.78, 5) is 13.4. The number of pyridine rings is 1. The van der Waals surface area contributed by atoms with Gasteiger partial charge in [-0.3, -0.25) is 9.38 Å². The van der Waals surface area contributed by atoms with Gasteiger partial charge in [0.15, 0.2) is 0 Å². The third-order valence-corrected chi connectivity index (χ3v) is 4.02. The van der Waals surface area contributed by atoms with E-state index in [1.54, 1.807) is 25.7 Å². The highest BCUT2D eigenvalue weighted by atomic mass is 16.5. The van der Waals surface area contributed by atoms with E-state index in [4.69, 9.17) is 4.74 Å². The van der Waals surface area contributed by atoms with Crippen molar-refractivity contribution in [1.82, 2.24) is 24.7 Å². The van der Waals surface area contributed by atoms with Gasteiger partial charge >= 0.3 is 0 Å². The molecule has 1 unspecified atom stereocenters. The van der Waals surface area contributed by atoms with Crippen LogP contribution in [0.2, 0.25) is 0 Å². The topological polar surface area (TPSA) is 76.4 Å². The van der Waals surface area contributed by atoms with Crippen LogP contribution >= 0.6 is 0 Å². The summed E-state index contributed by atoms with van der Waals surface area (Å²) in [7, 11) is 1.65. The Hall–Kier alpha value is -2.67. The quantitative estimate of drug-likeness (QED) is 0.762. The highest BCUT2D eigenvalue weighted by Crippen LogP contribution is 2.22. The molecule has 2 N–H and O–H groups in total. The second kappa shape index (κ2) is 5.85. The van der Waals surface area contributed by atoms with Crippen molar-refractivity contribution in [2.75, 3.05) is 25.5 Å². The van der Waals surface area contributed by atoms with E-state index in [0.717, 1.165) is 48.1 Å². The van der Waals surface area contributed by atoms with E-state index in [2.05, 4.69) is 25.6 Å². The van der Waals surface area contributed by atoms with E-state index in [-0.39, 0.29) is 0 Å². The summed E-state index contributed by atoms with van der Waals surface area (Å²) >= 11 is 0. The minimum Gasteiger partial charge on any atom is -0.495 e. The number of fused-ring (bicyclic) bond motifs is 1. The summed E-state index contributed by atoms with van der Waals surface area (Å²) in [6.45, 7) is 2.00. The van der Waals surface area contributed by atoms with Crippen molar-refractivity contribution in [3.8, 4) is 17.1 Å². The Morgan fingerprint density at radius 2 is 2.26 bits per heavy atom. The molecule has 3 aromatic heterocycles. The first-order valence-corrected chi connectivity index (χ1v) is 7.64. The van der Waals surface area contributed by atoms with Crippen molar-refractivity contribution in [2.24, 2.45) is 0 Å². The fraction of sp³-hybridized carbons (Fsp3) is 0.312. The van der Waals surface area contributed by atoms with Crippen LogP contribution in [0, 0.1) is 0 Å². The Morgan fingerprint density at radius 1 is 1.30 bits per heavy atom. The number of anilines is 1. The van der Waals surface area contributed by atoms with Gasteiger partial charge in [-0.25, -0.2) is 9.97 Å². The number of imidazole rings is 1. The highest BCUT2D eigenvalue weighted by molar-refractivity contribution is 5.61. The Morgan fingerprint density at radius 3 is 3.09 bits per heavy atom. The van der Waals surface area contributed by atoms with Crippen LogP contribution in [-0.4, -0.2) is 45.6 Å². The van der Waals surface area contributed by atoms with Crippen LogP contribution in [0.25, 0.3) is 17.0 Å². The van der Waals surface area contributed by atoms with Crippen molar-refractivity contribution in [2.45, 2.75) is 12.5 Å². The molecule has 0 radical (unpaired) electrons. The van der Waals surface area contributed by atoms with Crippen molar-refractivity contribution < 1.29 is 4.74 Å². The maximum atomic E-state index is 5.29. The van der Waals surface area contributed by atoms with Crippen LogP contribution in [0.3, 0.4) is 0 Å². The maximum absolute atomic E-state index is 5.29. The van der Waals surface area contributed by atoms with Crippen LogP contribution in [0.5, 0.6) is 5.75 Å². The first-order valence-electron chi connectivity index (χ1n) is 7.64. The van der Waals surface area contributed by atoms with Gasteiger partial charge in [0, 0.05) is 12.6 Å². The van der Waals surface area contributed by atoms with Crippen LogP contribution in [0.1, 0.15) is 6.42 Å². The fourth-order valence-electron chi connectivity index (χ4n) is 2.82. The smallest absolute Gasteiger partial charge is 0.145 e. The summed E-state index contributed by atoms with van der Waals surface area (Å²) in [5.41, 5.74) is 2.52. The van der Waals surface area contributed by atoms with Gasteiger partial charge in [0.1, 0.15) is 22.9 Å². The number of nitrogens with one attached hydrogen (secondary N) is 2. The summed E-state index contributed by atoms with van der Waals surface area (Å²) in [5.74, 6) is 1.56. The first kappa shape index (κ1) is 14.0. The van der Waals surface area contributed by atoms with E-state index in [1.807, 2.05) is 22.7 Å². The molecule has 0 bridgehead atoms. The third kappa shape index (κ3) is 2.70. The van der Waals surface area contributed by atoms with Crippen molar-refractivity contribution in [3.63, 3.8) is 0 Å². The summed E-state index contributed by atoms with van der Waals surface area (Å²) in [6.07, 6.45) is 8.31. The first-order chi connectivity index (χ1) is 11.3. The van der Waals surface area contributed by atoms with Crippen LogP contribution in [0.15, 0.2) is 36.9 Å². The molecule has 7 nitrogen and oxygen atoms in total. The minimum atomic E-state index is 0.404. The number of hydrogen-bond acceptors (Lipinski definition) is 6. The van der Waals surface area contributed by atoms with Gasteiger partial charge in [-0.2, -0.15) is 0 Å². The average molecular weight is 310 g/mol. The molecule has 1 saturated heterocycles. The monoisotopic (exact) mass is 310 g/mol. The maximum Gasteiger partial charge on any atom is 0.145 e. The second-order valence-corrected chi connectivity index (χ2v) is 5.56. The van der Waals surface area contributed by atoms with Gasteiger partial charge in [-0.1, -0.05) is 0 Å². The van der Waals surface area contributed by atoms with Gasteiger partial charge < -0.3 is 15.4 Å². The van der Waals surface area contributed by atoms with E-state index in [9.17, 15) is 0 Å². The average Bonchev–Trinajstić information content (AvgIpc) is 3.23. The zero-order chi connectivity index (χ0) is 15.6. The van der Waals surface area contributed by atoms with Gasteiger partial charge in [-0.05, 0) is 25.1 Å². The van der Waals surface area contributed by atoms with Crippen molar-refractivity contribution in [1.29, 1.82) is 0 Å². The normalized spacial score (nSPS) is 17.5. The zero-order valence-electron chi connectivity index (χ0n) is 12.9. The standard InChI is InChI=1S/C16H18N6O/c1-23-12-2-3-16-19-8-14(22(16)10-12)13-7-18-9-15(21-13)20-11-4-5-17-6-11/h2-3,7-11,17H,4-6H2,1H3,(H,20,21). The molecule has 0 aromatic carbocycles. The molecule has 1 fully saturated rings. The lowest BCUT2D eigenvalue weighted by molar-refractivity contribution is 0.412. The lowest BCUT2D eigenvalue weighted by Gasteiger charge is -2.12. The van der Waals surface area contributed by atoms with Crippen molar-refractivity contribution >= 4 is 11.5 Å². The molecular formula is C16H18N6O. The van der Waals surface area contributed by atoms with Crippen LogP contribution in [0.4, 0.5) is 5.82 Å². The molecule has 1 aliphatic rings. The molecule has 1 aliphatic heterocycles. The SMILES string of the molecule is COc1ccc2ncc(-c3cncc(NC4CCNC4)n3)n2c1. The lowest BCUT2D eigenvalue weighted by atomic mass is 10.2. The Bertz CT molecular complexity index is 824. The minimum absolute atomic E-state index is 0.404. The summed E-state index contributed by atoms with van der Waals surface area (Å²) in [5, 5.41) is 6.76. The number of nitrogens with zero attached hydrogens (tertiary/aromatic N) is 4. The predicted molar refractivity (Wildman–Crippen MR) is 87.7 cm³/mol. The molecule has 118 valence electrons. The largest absolute Gasteiger partial charge is 0.495 e. The van der Waals surface area contributed by atoms with E-state index >= 15 is 0 Å². The lowest BCUT2D eigenvalue weighted by Crippen LogP contribution is -2.22. The number of rotatable bonds is 4. The van der Waals surface area contributed by atoms with E-state index in [1.165, 1.54) is 0 Å². The number of ether oxygens (including phenoxy) is 1. The second-order valence-electron chi connectivity index (χ2n) is 5.56. The molecule has 0 spiro atoms. The molecule has 7 heteroatoms. The molecule has 0 amide bonds. The zero-order valence-corrected chi connectivity index (χ0v) is 12.9. The van der Waals surface area contributed by atoms with Gasteiger partial charge in [0.25, 0.3) is 0 Å². The number of aromatic nitrogens is 4. The molecular weight excluding hydrogens is 292 g/mol. The summed E-state index contributed by atoms with van der Waals surface area (Å²) < 4.78 is 7.25. The van der Waals surface area contributed by atoms with Gasteiger partial charge in [0.05, 0.1) is 37.6 Å². The molecule has 4 heterocycles.